The van der Waals surface area contributed by atoms with E-state index in [9.17, 15) is 4.79 Å². The minimum Gasteiger partial charge on any atom is -0.480 e. The molecule has 0 saturated carbocycles. The predicted molar refractivity (Wildman–Crippen MR) is 74.1 cm³/mol. The van der Waals surface area contributed by atoms with Crippen LogP contribution in [0.5, 0.6) is 11.8 Å². The van der Waals surface area contributed by atoms with Crippen molar-refractivity contribution in [2.75, 3.05) is 21.3 Å². The van der Waals surface area contributed by atoms with E-state index in [-0.39, 0.29) is 11.4 Å². The molecule has 1 aromatic heterocycles. The van der Waals surface area contributed by atoms with Gasteiger partial charge >= 0.3 is 5.97 Å². The van der Waals surface area contributed by atoms with E-state index in [4.69, 9.17) is 14.2 Å². The smallest absolute Gasteiger partial charge is 0.343 e. The Bertz CT molecular complexity index is 611. The fraction of sp³-hybridized carbons (Fsp3) is 0.200. The normalized spacial score (nSPS) is 9.95. The summed E-state index contributed by atoms with van der Waals surface area (Å²) in [4.78, 5) is 16.0. The molecule has 5 nitrogen and oxygen atoms in total. The van der Waals surface area contributed by atoms with Gasteiger partial charge in [-0.15, -0.1) is 0 Å². The molecule has 0 radical (unpaired) electrons. The summed E-state index contributed by atoms with van der Waals surface area (Å²) < 4.78 is 15.1. The largest absolute Gasteiger partial charge is 0.480 e. The van der Waals surface area contributed by atoms with Gasteiger partial charge in [0.1, 0.15) is 5.56 Å². The molecular formula is C15H15NO4. The van der Waals surface area contributed by atoms with Crippen molar-refractivity contribution in [2.45, 2.75) is 0 Å². The second-order valence-corrected chi connectivity index (χ2v) is 3.96. The van der Waals surface area contributed by atoms with E-state index in [1.807, 2.05) is 30.3 Å². The number of aromatic nitrogens is 1. The fourth-order valence-corrected chi connectivity index (χ4v) is 1.87. The minimum atomic E-state index is -0.505. The van der Waals surface area contributed by atoms with Crippen molar-refractivity contribution in [1.29, 1.82) is 0 Å². The van der Waals surface area contributed by atoms with Gasteiger partial charge in [-0.1, -0.05) is 30.3 Å². The molecule has 0 aliphatic heterocycles. The first-order chi connectivity index (χ1) is 9.71. The summed E-state index contributed by atoms with van der Waals surface area (Å²) in [5.74, 6) is 0.0586. The maximum absolute atomic E-state index is 11.8. The van der Waals surface area contributed by atoms with Crippen LogP contribution in [0.2, 0.25) is 0 Å². The highest BCUT2D eigenvalue weighted by molar-refractivity contribution is 5.94. The topological polar surface area (TPSA) is 57.7 Å². The highest BCUT2D eigenvalue weighted by Gasteiger charge is 2.19. The van der Waals surface area contributed by atoms with Gasteiger partial charge in [0.15, 0.2) is 0 Å². The quantitative estimate of drug-likeness (QED) is 0.801. The molecule has 1 heterocycles. The van der Waals surface area contributed by atoms with Crippen molar-refractivity contribution in [1.82, 2.24) is 4.98 Å². The molecule has 0 spiro atoms. The fourth-order valence-electron chi connectivity index (χ4n) is 1.87. The van der Waals surface area contributed by atoms with E-state index in [1.54, 1.807) is 6.07 Å². The van der Waals surface area contributed by atoms with Crippen LogP contribution in [0.25, 0.3) is 11.1 Å². The predicted octanol–water partition coefficient (Wildman–Crippen LogP) is 2.55. The van der Waals surface area contributed by atoms with Crippen molar-refractivity contribution in [3.05, 3.63) is 42.0 Å². The average Bonchev–Trinajstić information content (AvgIpc) is 2.53. The highest BCUT2D eigenvalue weighted by atomic mass is 16.5. The summed E-state index contributed by atoms with van der Waals surface area (Å²) in [7, 11) is 4.27. The molecular weight excluding hydrogens is 258 g/mol. The molecule has 0 amide bonds. The maximum atomic E-state index is 11.8. The van der Waals surface area contributed by atoms with Gasteiger partial charge in [-0.25, -0.2) is 4.79 Å². The summed E-state index contributed by atoms with van der Waals surface area (Å²) in [6.45, 7) is 0. The molecule has 0 aliphatic carbocycles. The Hall–Kier alpha value is -2.56. The van der Waals surface area contributed by atoms with Crippen LogP contribution in [-0.2, 0) is 4.74 Å². The first-order valence-corrected chi connectivity index (χ1v) is 5.98. The molecule has 0 bridgehead atoms. The van der Waals surface area contributed by atoms with Crippen LogP contribution in [-0.4, -0.2) is 32.3 Å². The minimum absolute atomic E-state index is 0.174. The second kappa shape index (κ2) is 6.06. The zero-order chi connectivity index (χ0) is 14.5. The molecule has 0 aliphatic rings. The number of hydrogen-bond donors (Lipinski definition) is 0. The van der Waals surface area contributed by atoms with Crippen LogP contribution >= 0.6 is 0 Å². The molecule has 2 aromatic rings. The molecule has 0 saturated heterocycles. The van der Waals surface area contributed by atoms with Crippen LogP contribution in [0.1, 0.15) is 10.4 Å². The molecule has 0 fully saturated rings. The number of esters is 1. The summed E-state index contributed by atoms with van der Waals surface area (Å²) in [6, 6.07) is 11.2. The Kier molecular flexibility index (Phi) is 4.20. The zero-order valence-corrected chi connectivity index (χ0v) is 11.5. The van der Waals surface area contributed by atoms with Gasteiger partial charge in [0.2, 0.25) is 11.8 Å². The molecule has 1 aromatic carbocycles. The first kappa shape index (κ1) is 13.9. The molecule has 0 atom stereocenters. The van der Waals surface area contributed by atoms with E-state index in [0.717, 1.165) is 5.56 Å². The average molecular weight is 273 g/mol. The third kappa shape index (κ3) is 2.56. The van der Waals surface area contributed by atoms with Crippen LogP contribution < -0.4 is 9.47 Å². The van der Waals surface area contributed by atoms with Gasteiger partial charge in [-0.2, -0.15) is 4.98 Å². The SMILES string of the molecule is COC(=O)c1cc(-c2ccccc2)c(OC)nc1OC. The van der Waals surface area contributed by atoms with Gasteiger partial charge in [0.05, 0.1) is 21.3 Å². The van der Waals surface area contributed by atoms with E-state index in [1.165, 1.54) is 21.3 Å². The molecule has 20 heavy (non-hydrogen) atoms. The lowest BCUT2D eigenvalue weighted by atomic mass is 10.1. The van der Waals surface area contributed by atoms with E-state index >= 15 is 0 Å². The number of hydrogen-bond acceptors (Lipinski definition) is 5. The van der Waals surface area contributed by atoms with Crippen molar-refractivity contribution < 1.29 is 19.0 Å². The summed E-state index contributed by atoms with van der Waals surface area (Å²) in [6.07, 6.45) is 0. The van der Waals surface area contributed by atoms with Gasteiger partial charge in [0.25, 0.3) is 0 Å². The van der Waals surface area contributed by atoms with Crippen molar-refractivity contribution in [3.63, 3.8) is 0 Å². The molecule has 2 rings (SSSR count). The lowest BCUT2D eigenvalue weighted by molar-refractivity contribution is 0.0596. The second-order valence-electron chi connectivity index (χ2n) is 3.96. The highest BCUT2D eigenvalue weighted by Crippen LogP contribution is 2.33. The Morgan fingerprint density at radius 1 is 1.00 bits per heavy atom. The molecule has 0 N–H and O–H groups in total. The lowest BCUT2D eigenvalue weighted by Crippen LogP contribution is -2.07. The van der Waals surface area contributed by atoms with Gasteiger partial charge in [-0.3, -0.25) is 0 Å². The standard InChI is InChI=1S/C15H15NO4/c1-18-13-11(10-7-5-4-6-8-10)9-12(15(17)20-3)14(16-13)19-2/h4-9H,1-3H3. The lowest BCUT2D eigenvalue weighted by Gasteiger charge is -2.12. The first-order valence-electron chi connectivity index (χ1n) is 5.98. The number of pyridine rings is 1. The number of ether oxygens (including phenoxy) is 3. The van der Waals surface area contributed by atoms with Crippen molar-refractivity contribution >= 4 is 5.97 Å². The Morgan fingerprint density at radius 2 is 1.65 bits per heavy atom. The maximum Gasteiger partial charge on any atom is 0.343 e. The van der Waals surface area contributed by atoms with Gasteiger partial charge in [0, 0.05) is 5.56 Å². The number of carbonyl (C=O) groups is 1. The van der Waals surface area contributed by atoms with Crippen LogP contribution in [0, 0.1) is 0 Å². The van der Waals surface area contributed by atoms with E-state index in [0.29, 0.717) is 11.4 Å². The number of benzene rings is 1. The van der Waals surface area contributed by atoms with Crippen LogP contribution in [0.15, 0.2) is 36.4 Å². The zero-order valence-electron chi connectivity index (χ0n) is 11.5. The van der Waals surface area contributed by atoms with E-state index in [2.05, 4.69) is 4.98 Å². The molecule has 0 unspecified atom stereocenters. The van der Waals surface area contributed by atoms with Crippen molar-refractivity contribution in [3.8, 4) is 22.9 Å². The summed E-state index contributed by atoms with van der Waals surface area (Å²) in [5, 5.41) is 0. The number of rotatable bonds is 4. The number of methoxy groups -OCH3 is 3. The third-order valence-electron chi connectivity index (χ3n) is 2.83. The molecule has 104 valence electrons. The van der Waals surface area contributed by atoms with Gasteiger partial charge < -0.3 is 14.2 Å². The number of nitrogens with zero attached hydrogens (tertiary/aromatic N) is 1. The molecule has 5 heteroatoms. The number of carbonyl (C=O) groups excluding carboxylic acids is 1. The van der Waals surface area contributed by atoms with Crippen molar-refractivity contribution in [2.24, 2.45) is 0 Å². The third-order valence-corrected chi connectivity index (χ3v) is 2.83. The van der Waals surface area contributed by atoms with E-state index < -0.39 is 5.97 Å². The Balaban J connectivity index is 2.64. The monoisotopic (exact) mass is 273 g/mol. The summed E-state index contributed by atoms with van der Waals surface area (Å²) >= 11 is 0. The Labute approximate surface area is 117 Å². The summed E-state index contributed by atoms with van der Waals surface area (Å²) in [5.41, 5.74) is 1.86. The van der Waals surface area contributed by atoms with Crippen LogP contribution in [0.3, 0.4) is 0 Å². The van der Waals surface area contributed by atoms with Crippen LogP contribution in [0.4, 0.5) is 0 Å². The Morgan fingerprint density at radius 3 is 2.20 bits per heavy atom. The van der Waals surface area contributed by atoms with Gasteiger partial charge in [-0.05, 0) is 11.6 Å².